The van der Waals surface area contributed by atoms with Crippen molar-refractivity contribution >= 4 is 15.7 Å². The zero-order chi connectivity index (χ0) is 13.8. The van der Waals surface area contributed by atoms with Gasteiger partial charge in [0.2, 0.25) is 5.91 Å². The number of nitrogens with one attached hydrogen (secondary N) is 1. The van der Waals surface area contributed by atoms with E-state index in [4.69, 9.17) is 5.73 Å². The van der Waals surface area contributed by atoms with Crippen molar-refractivity contribution in [1.82, 2.24) is 10.2 Å². The topological polar surface area (TPSA) is 92.5 Å². The summed E-state index contributed by atoms with van der Waals surface area (Å²) in [6.07, 6.45) is 2.78. The molecule has 6 nitrogen and oxygen atoms in total. The Labute approximate surface area is 109 Å². The van der Waals surface area contributed by atoms with Crippen LogP contribution < -0.4 is 11.1 Å². The Hall–Kier alpha value is -0.660. The van der Waals surface area contributed by atoms with E-state index in [9.17, 15) is 13.2 Å². The molecule has 0 aromatic carbocycles. The average molecular weight is 277 g/mol. The maximum atomic E-state index is 11.7. The molecule has 1 unspecified atom stereocenters. The third-order valence-corrected chi connectivity index (χ3v) is 4.89. The second-order valence-electron chi connectivity index (χ2n) is 4.88. The van der Waals surface area contributed by atoms with E-state index >= 15 is 0 Å². The number of carbonyl (C=O) groups excluding carboxylic acids is 1. The van der Waals surface area contributed by atoms with Gasteiger partial charge in [0.15, 0.2) is 9.84 Å². The van der Waals surface area contributed by atoms with Crippen molar-refractivity contribution in [3.05, 3.63) is 0 Å². The summed E-state index contributed by atoms with van der Waals surface area (Å²) in [5, 5.41) is 1.84. The van der Waals surface area contributed by atoms with Crippen LogP contribution in [-0.2, 0) is 14.6 Å². The Kier molecular flexibility index (Phi) is 5.55. The molecule has 1 aliphatic rings. The van der Waals surface area contributed by atoms with E-state index in [1.165, 1.54) is 6.92 Å². The predicted octanol–water partition coefficient (Wildman–Crippen LogP) is -1.04. The van der Waals surface area contributed by atoms with Gasteiger partial charge in [-0.3, -0.25) is 4.79 Å². The Morgan fingerprint density at radius 3 is 2.44 bits per heavy atom. The molecule has 7 heteroatoms. The molecule has 0 radical (unpaired) electrons. The second kappa shape index (κ2) is 6.49. The van der Waals surface area contributed by atoms with Gasteiger partial charge in [-0.2, -0.15) is 0 Å². The minimum Gasteiger partial charge on any atom is -0.352 e. The third kappa shape index (κ3) is 4.55. The van der Waals surface area contributed by atoms with Crippen molar-refractivity contribution < 1.29 is 13.2 Å². The molecule has 1 amide bonds. The first kappa shape index (κ1) is 15.4. The average Bonchev–Trinajstić information content (AvgIpc) is 2.30. The van der Waals surface area contributed by atoms with Crippen molar-refractivity contribution in [2.75, 3.05) is 32.4 Å². The summed E-state index contributed by atoms with van der Waals surface area (Å²) in [7, 11) is -3.31. The quantitative estimate of drug-likeness (QED) is 0.669. The SMILES string of the molecule is CC(C(=O)NC1CCN(CCN)CC1)S(C)(=O)=O. The predicted molar refractivity (Wildman–Crippen MR) is 71.0 cm³/mol. The van der Waals surface area contributed by atoms with E-state index in [0.29, 0.717) is 6.54 Å². The number of hydrogen-bond acceptors (Lipinski definition) is 5. The van der Waals surface area contributed by atoms with Gasteiger partial charge in [-0.25, -0.2) is 8.42 Å². The zero-order valence-electron chi connectivity index (χ0n) is 11.1. The number of rotatable bonds is 5. The van der Waals surface area contributed by atoms with Crippen molar-refractivity contribution in [2.24, 2.45) is 5.73 Å². The van der Waals surface area contributed by atoms with E-state index in [1.54, 1.807) is 0 Å². The molecule has 3 N–H and O–H groups in total. The normalized spacial score (nSPS) is 20.6. The minimum absolute atomic E-state index is 0.0794. The summed E-state index contributed by atoms with van der Waals surface area (Å²) in [6.45, 7) is 4.74. The molecule has 1 atom stereocenters. The van der Waals surface area contributed by atoms with Gasteiger partial charge in [-0.05, 0) is 19.8 Å². The molecular formula is C11H23N3O3S. The van der Waals surface area contributed by atoms with Crippen molar-refractivity contribution in [3.63, 3.8) is 0 Å². The molecule has 0 aliphatic carbocycles. The molecule has 106 valence electrons. The molecule has 1 saturated heterocycles. The lowest BCUT2D eigenvalue weighted by Crippen LogP contribution is -2.48. The molecule has 18 heavy (non-hydrogen) atoms. The van der Waals surface area contributed by atoms with Crippen LogP contribution in [0.1, 0.15) is 19.8 Å². The van der Waals surface area contributed by atoms with Gasteiger partial charge in [0, 0.05) is 38.5 Å². The largest absolute Gasteiger partial charge is 0.352 e. The molecular weight excluding hydrogens is 254 g/mol. The first-order valence-electron chi connectivity index (χ1n) is 6.26. The summed E-state index contributed by atoms with van der Waals surface area (Å²) in [5.74, 6) is -0.394. The minimum atomic E-state index is -3.31. The summed E-state index contributed by atoms with van der Waals surface area (Å²) in [4.78, 5) is 14.0. The Morgan fingerprint density at radius 2 is 2.00 bits per heavy atom. The molecule has 1 fully saturated rings. The van der Waals surface area contributed by atoms with Crippen LogP contribution in [0, 0.1) is 0 Å². The fourth-order valence-corrected chi connectivity index (χ4v) is 2.45. The number of likely N-dealkylation sites (tertiary alicyclic amines) is 1. The molecule has 1 heterocycles. The van der Waals surface area contributed by atoms with E-state index in [1.807, 2.05) is 0 Å². The van der Waals surface area contributed by atoms with Crippen LogP contribution in [0.4, 0.5) is 0 Å². The van der Waals surface area contributed by atoms with E-state index in [2.05, 4.69) is 10.2 Å². The molecule has 0 bridgehead atoms. The highest BCUT2D eigenvalue weighted by atomic mass is 32.2. The summed E-state index contributed by atoms with van der Waals surface area (Å²) in [5.41, 5.74) is 5.48. The van der Waals surface area contributed by atoms with Gasteiger partial charge in [-0.1, -0.05) is 0 Å². The summed E-state index contributed by atoms with van der Waals surface area (Å²) >= 11 is 0. The zero-order valence-corrected chi connectivity index (χ0v) is 11.9. The molecule has 0 spiro atoms. The van der Waals surface area contributed by atoms with Gasteiger partial charge in [0.25, 0.3) is 0 Å². The Bertz CT molecular complexity index is 375. The Balaban J connectivity index is 2.39. The van der Waals surface area contributed by atoms with Crippen LogP contribution >= 0.6 is 0 Å². The first-order chi connectivity index (χ1) is 8.34. The number of amides is 1. The highest BCUT2D eigenvalue weighted by molar-refractivity contribution is 7.92. The van der Waals surface area contributed by atoms with Crippen LogP contribution in [0.25, 0.3) is 0 Å². The molecule has 1 aliphatic heterocycles. The maximum absolute atomic E-state index is 11.7. The molecule has 0 saturated carbocycles. The lowest BCUT2D eigenvalue weighted by atomic mass is 10.0. The van der Waals surface area contributed by atoms with E-state index < -0.39 is 21.0 Å². The number of hydrogen-bond donors (Lipinski definition) is 2. The van der Waals surface area contributed by atoms with Crippen LogP contribution in [-0.4, -0.2) is 63.0 Å². The highest BCUT2D eigenvalue weighted by Gasteiger charge is 2.27. The van der Waals surface area contributed by atoms with Gasteiger partial charge < -0.3 is 16.0 Å². The lowest BCUT2D eigenvalue weighted by Gasteiger charge is -2.32. The standard InChI is InChI=1S/C11H23N3O3S/c1-9(18(2,16)17)11(15)13-10-3-6-14(7-4-10)8-5-12/h9-10H,3-8,12H2,1-2H3,(H,13,15). The number of carbonyl (C=O) groups is 1. The van der Waals surface area contributed by atoms with Gasteiger partial charge in [0.1, 0.15) is 5.25 Å². The van der Waals surface area contributed by atoms with E-state index in [0.717, 1.165) is 38.7 Å². The van der Waals surface area contributed by atoms with E-state index in [-0.39, 0.29) is 6.04 Å². The van der Waals surface area contributed by atoms with Crippen LogP contribution in [0.2, 0.25) is 0 Å². The fourth-order valence-electron chi connectivity index (χ4n) is 2.00. The van der Waals surface area contributed by atoms with Gasteiger partial charge >= 0.3 is 0 Å². The summed E-state index contributed by atoms with van der Waals surface area (Å²) < 4.78 is 22.5. The fraction of sp³-hybridized carbons (Fsp3) is 0.909. The number of nitrogens with two attached hydrogens (primary N) is 1. The summed E-state index contributed by atoms with van der Waals surface area (Å²) in [6, 6.07) is 0.0794. The maximum Gasteiger partial charge on any atom is 0.238 e. The molecule has 0 aromatic heterocycles. The van der Waals surface area contributed by atoms with Crippen molar-refractivity contribution in [2.45, 2.75) is 31.1 Å². The number of piperidine rings is 1. The van der Waals surface area contributed by atoms with Gasteiger partial charge in [-0.15, -0.1) is 0 Å². The smallest absolute Gasteiger partial charge is 0.238 e. The second-order valence-corrected chi connectivity index (χ2v) is 7.25. The van der Waals surface area contributed by atoms with Crippen LogP contribution in [0.15, 0.2) is 0 Å². The Morgan fingerprint density at radius 1 is 1.44 bits per heavy atom. The first-order valence-corrected chi connectivity index (χ1v) is 8.21. The number of nitrogens with zero attached hydrogens (tertiary/aromatic N) is 1. The van der Waals surface area contributed by atoms with Crippen molar-refractivity contribution in [1.29, 1.82) is 0 Å². The molecule has 1 rings (SSSR count). The lowest BCUT2D eigenvalue weighted by molar-refractivity contribution is -0.121. The van der Waals surface area contributed by atoms with Crippen molar-refractivity contribution in [3.8, 4) is 0 Å². The van der Waals surface area contributed by atoms with Gasteiger partial charge in [0.05, 0.1) is 0 Å². The van der Waals surface area contributed by atoms with Crippen LogP contribution in [0.5, 0.6) is 0 Å². The molecule has 0 aromatic rings. The monoisotopic (exact) mass is 277 g/mol. The highest BCUT2D eigenvalue weighted by Crippen LogP contribution is 2.10. The van der Waals surface area contributed by atoms with Crippen LogP contribution in [0.3, 0.4) is 0 Å². The third-order valence-electron chi connectivity index (χ3n) is 3.39. The number of sulfone groups is 1.